The molecule has 20 heavy (non-hydrogen) atoms. The van der Waals surface area contributed by atoms with Crippen LogP contribution >= 0.6 is 0 Å². The Morgan fingerprint density at radius 3 is 2.75 bits per heavy atom. The molecule has 0 bridgehead atoms. The fraction of sp³-hybridized carbons (Fsp3) is 0.214. The minimum Gasteiger partial charge on any atom is -0.436 e. The molecule has 0 aliphatic carbocycles. The first-order valence-corrected chi connectivity index (χ1v) is 6.08. The molecule has 104 valence electrons. The lowest BCUT2D eigenvalue weighted by Gasteiger charge is -2.13. The number of rotatable bonds is 3. The third-order valence-corrected chi connectivity index (χ3v) is 2.84. The molecule has 0 saturated heterocycles. The highest BCUT2D eigenvalue weighted by Gasteiger charge is 2.16. The lowest BCUT2D eigenvalue weighted by molar-refractivity contribution is 0.318. The van der Waals surface area contributed by atoms with Crippen molar-refractivity contribution in [2.24, 2.45) is 10.9 Å². The monoisotopic (exact) mass is 272 g/mol. The standard InChI is InChI=1S/C14H16N4O2/c1-8-7-9(2)17-14(12(8)13(15)18-19)20-11-5-4-6-16-10(11)3/h4-7,19H,1-3H3,(H2,15,18). The summed E-state index contributed by atoms with van der Waals surface area (Å²) in [6.07, 6.45) is 1.68. The summed E-state index contributed by atoms with van der Waals surface area (Å²) < 4.78 is 5.78. The van der Waals surface area contributed by atoms with Gasteiger partial charge in [0.1, 0.15) is 0 Å². The molecule has 6 heteroatoms. The van der Waals surface area contributed by atoms with Crippen molar-refractivity contribution in [3.63, 3.8) is 0 Å². The molecule has 2 heterocycles. The van der Waals surface area contributed by atoms with Gasteiger partial charge in [0.15, 0.2) is 11.6 Å². The van der Waals surface area contributed by atoms with Crippen LogP contribution in [0.1, 0.15) is 22.5 Å². The van der Waals surface area contributed by atoms with Crippen LogP contribution in [0.3, 0.4) is 0 Å². The van der Waals surface area contributed by atoms with Crippen molar-refractivity contribution in [2.45, 2.75) is 20.8 Å². The van der Waals surface area contributed by atoms with E-state index in [2.05, 4.69) is 15.1 Å². The number of nitrogens with two attached hydrogens (primary N) is 1. The quantitative estimate of drug-likeness (QED) is 0.387. The fourth-order valence-corrected chi connectivity index (χ4v) is 1.92. The third kappa shape index (κ3) is 2.69. The molecule has 0 radical (unpaired) electrons. The molecule has 0 aliphatic rings. The van der Waals surface area contributed by atoms with E-state index < -0.39 is 0 Å². The molecule has 0 saturated carbocycles. The van der Waals surface area contributed by atoms with E-state index >= 15 is 0 Å². The summed E-state index contributed by atoms with van der Waals surface area (Å²) in [6.45, 7) is 5.54. The van der Waals surface area contributed by atoms with Crippen LogP contribution < -0.4 is 10.5 Å². The fourth-order valence-electron chi connectivity index (χ4n) is 1.92. The van der Waals surface area contributed by atoms with Crippen molar-refractivity contribution in [1.82, 2.24) is 9.97 Å². The molecule has 6 nitrogen and oxygen atoms in total. The topological polar surface area (TPSA) is 93.6 Å². The summed E-state index contributed by atoms with van der Waals surface area (Å²) in [5.74, 6) is 0.845. The second-order valence-electron chi connectivity index (χ2n) is 4.43. The van der Waals surface area contributed by atoms with Gasteiger partial charge in [-0.25, -0.2) is 4.98 Å². The molecule has 0 aliphatic heterocycles. The van der Waals surface area contributed by atoms with Gasteiger partial charge in [0, 0.05) is 11.9 Å². The Morgan fingerprint density at radius 1 is 1.35 bits per heavy atom. The van der Waals surface area contributed by atoms with Gasteiger partial charge in [-0.05, 0) is 44.5 Å². The van der Waals surface area contributed by atoms with Crippen molar-refractivity contribution in [3.05, 3.63) is 46.9 Å². The highest BCUT2D eigenvalue weighted by molar-refractivity contribution is 6.00. The van der Waals surface area contributed by atoms with E-state index in [1.54, 1.807) is 18.3 Å². The van der Waals surface area contributed by atoms with Crippen molar-refractivity contribution in [2.75, 3.05) is 0 Å². The van der Waals surface area contributed by atoms with Crippen molar-refractivity contribution < 1.29 is 9.94 Å². The highest BCUT2D eigenvalue weighted by Crippen LogP contribution is 2.27. The number of aromatic nitrogens is 2. The molecule has 3 N–H and O–H groups in total. The minimum absolute atomic E-state index is 0.0356. The van der Waals surface area contributed by atoms with Crippen LogP contribution in [0.5, 0.6) is 11.6 Å². The van der Waals surface area contributed by atoms with Crippen LogP contribution in [-0.4, -0.2) is 21.0 Å². The Labute approximate surface area is 116 Å². The van der Waals surface area contributed by atoms with Crippen molar-refractivity contribution >= 4 is 5.84 Å². The van der Waals surface area contributed by atoms with Crippen LogP contribution in [0.4, 0.5) is 0 Å². The number of hydrogen-bond donors (Lipinski definition) is 2. The molecule has 0 fully saturated rings. The third-order valence-electron chi connectivity index (χ3n) is 2.84. The van der Waals surface area contributed by atoms with Gasteiger partial charge >= 0.3 is 0 Å². The molecule has 0 aromatic carbocycles. The zero-order valence-electron chi connectivity index (χ0n) is 11.6. The van der Waals surface area contributed by atoms with Gasteiger partial charge in [-0.2, -0.15) is 0 Å². The minimum atomic E-state index is -0.0356. The van der Waals surface area contributed by atoms with Gasteiger partial charge in [0.25, 0.3) is 0 Å². The lowest BCUT2D eigenvalue weighted by Crippen LogP contribution is -2.17. The second kappa shape index (κ2) is 5.56. The van der Waals surface area contributed by atoms with Crippen LogP contribution in [0.2, 0.25) is 0 Å². The summed E-state index contributed by atoms with van der Waals surface area (Å²) in [7, 11) is 0. The Morgan fingerprint density at radius 2 is 2.10 bits per heavy atom. The van der Waals surface area contributed by atoms with Crippen molar-refractivity contribution in [1.29, 1.82) is 0 Å². The maximum absolute atomic E-state index is 8.89. The number of ether oxygens (including phenoxy) is 1. The maximum Gasteiger partial charge on any atom is 0.230 e. The summed E-state index contributed by atoms with van der Waals surface area (Å²) in [5.41, 5.74) is 8.52. The Kier molecular flexibility index (Phi) is 3.84. The molecule has 2 rings (SSSR count). The Bertz CT molecular complexity index is 668. The molecular formula is C14H16N4O2. The molecule has 0 unspecified atom stereocenters. The van der Waals surface area contributed by atoms with E-state index in [1.807, 2.05) is 26.8 Å². The largest absolute Gasteiger partial charge is 0.436 e. The summed E-state index contributed by atoms with van der Waals surface area (Å²) in [6, 6.07) is 5.40. The van der Waals surface area contributed by atoms with Crippen LogP contribution in [0, 0.1) is 20.8 Å². The smallest absolute Gasteiger partial charge is 0.230 e. The zero-order chi connectivity index (χ0) is 14.7. The number of pyridine rings is 2. The number of aryl methyl sites for hydroxylation is 3. The average Bonchev–Trinajstić information content (AvgIpc) is 2.40. The van der Waals surface area contributed by atoms with Gasteiger partial charge in [0.05, 0.1) is 11.3 Å². The van der Waals surface area contributed by atoms with E-state index in [9.17, 15) is 0 Å². The first kappa shape index (κ1) is 13.8. The highest BCUT2D eigenvalue weighted by atomic mass is 16.5. The van der Waals surface area contributed by atoms with E-state index in [0.717, 1.165) is 17.0 Å². The number of hydrogen-bond acceptors (Lipinski definition) is 5. The van der Waals surface area contributed by atoms with Gasteiger partial charge in [0.2, 0.25) is 5.88 Å². The van der Waals surface area contributed by atoms with Gasteiger partial charge in [-0.3, -0.25) is 4.98 Å². The summed E-state index contributed by atoms with van der Waals surface area (Å²) in [4.78, 5) is 8.47. The first-order valence-electron chi connectivity index (χ1n) is 6.08. The molecule has 0 atom stereocenters. The summed E-state index contributed by atoms with van der Waals surface area (Å²) >= 11 is 0. The second-order valence-corrected chi connectivity index (χ2v) is 4.43. The average molecular weight is 272 g/mol. The normalized spacial score (nSPS) is 11.4. The zero-order valence-corrected chi connectivity index (χ0v) is 11.6. The van der Waals surface area contributed by atoms with Crippen molar-refractivity contribution in [3.8, 4) is 11.6 Å². The lowest BCUT2D eigenvalue weighted by atomic mass is 10.1. The maximum atomic E-state index is 8.89. The van der Waals surface area contributed by atoms with Crippen LogP contribution in [0.15, 0.2) is 29.6 Å². The first-order chi connectivity index (χ1) is 9.52. The van der Waals surface area contributed by atoms with E-state index in [-0.39, 0.29) is 5.84 Å². The Hall–Kier alpha value is -2.63. The predicted molar refractivity (Wildman–Crippen MR) is 75.3 cm³/mol. The van der Waals surface area contributed by atoms with E-state index in [4.69, 9.17) is 15.7 Å². The number of oxime groups is 1. The Balaban J connectivity index is 2.53. The van der Waals surface area contributed by atoms with Gasteiger partial charge < -0.3 is 15.7 Å². The van der Waals surface area contributed by atoms with Crippen LogP contribution in [-0.2, 0) is 0 Å². The molecule has 2 aromatic heterocycles. The number of nitrogens with zero attached hydrogens (tertiary/aromatic N) is 3. The molecule has 0 spiro atoms. The number of amidine groups is 1. The van der Waals surface area contributed by atoms with E-state index in [1.165, 1.54) is 0 Å². The van der Waals surface area contributed by atoms with E-state index in [0.29, 0.717) is 17.2 Å². The SMILES string of the molecule is Cc1cc(C)c(/C(N)=N/O)c(Oc2cccnc2C)n1. The van der Waals surface area contributed by atoms with Crippen LogP contribution in [0.25, 0.3) is 0 Å². The van der Waals surface area contributed by atoms with Gasteiger partial charge in [-0.15, -0.1) is 0 Å². The molecule has 0 amide bonds. The summed E-state index contributed by atoms with van der Waals surface area (Å²) in [5, 5.41) is 11.9. The molecule has 2 aromatic rings. The predicted octanol–water partition coefficient (Wildman–Crippen LogP) is 2.29. The molecular weight excluding hydrogens is 256 g/mol. The van der Waals surface area contributed by atoms with Gasteiger partial charge in [-0.1, -0.05) is 5.16 Å².